The summed E-state index contributed by atoms with van der Waals surface area (Å²) in [5, 5.41) is 27.2. The quantitative estimate of drug-likeness (QED) is 0.234. The van der Waals surface area contributed by atoms with Gasteiger partial charge in [-0.25, -0.2) is 4.68 Å². The Balaban J connectivity index is 1.47. The number of nitriles is 1. The highest BCUT2D eigenvalue weighted by Gasteiger charge is 2.29. The summed E-state index contributed by atoms with van der Waals surface area (Å²) in [6, 6.07) is 16.3. The van der Waals surface area contributed by atoms with Gasteiger partial charge in [-0.05, 0) is 51.3 Å². The molecule has 3 heterocycles. The number of hydrogen-bond donors (Lipinski definition) is 2. The lowest BCUT2D eigenvalue weighted by Crippen LogP contribution is -2.46. The van der Waals surface area contributed by atoms with Crippen LogP contribution in [0.4, 0.5) is 11.4 Å². The number of fused-ring (bicyclic) bond motifs is 1. The van der Waals surface area contributed by atoms with E-state index in [1.54, 1.807) is 13.3 Å². The largest absolute Gasteiger partial charge is 0.383 e. The van der Waals surface area contributed by atoms with Crippen molar-refractivity contribution in [1.29, 1.82) is 5.26 Å². The molecule has 214 valence electrons. The lowest BCUT2D eigenvalue weighted by atomic mass is 9.98. The summed E-state index contributed by atoms with van der Waals surface area (Å²) in [5.41, 5.74) is 4.60. The Hall–Kier alpha value is -3.71. The first-order valence-electron chi connectivity index (χ1n) is 14.0. The summed E-state index contributed by atoms with van der Waals surface area (Å²) in [4.78, 5) is 7.00. The average molecular weight is 573 g/mol. The van der Waals surface area contributed by atoms with Gasteiger partial charge in [0.05, 0.1) is 46.7 Å². The first kappa shape index (κ1) is 28.8. The van der Waals surface area contributed by atoms with E-state index in [-0.39, 0.29) is 11.6 Å². The molecule has 0 saturated carbocycles. The predicted octanol–water partition coefficient (Wildman–Crippen LogP) is 6.05. The van der Waals surface area contributed by atoms with E-state index < -0.39 is 0 Å². The van der Waals surface area contributed by atoms with E-state index in [9.17, 15) is 5.26 Å². The molecular weight excluding hydrogens is 536 g/mol. The van der Waals surface area contributed by atoms with Crippen molar-refractivity contribution in [2.75, 3.05) is 44.0 Å². The second-order valence-electron chi connectivity index (χ2n) is 11.4. The molecule has 41 heavy (non-hydrogen) atoms. The zero-order chi connectivity index (χ0) is 29.0. The van der Waals surface area contributed by atoms with Crippen LogP contribution >= 0.6 is 11.6 Å². The number of benzene rings is 2. The Morgan fingerprint density at radius 1 is 1.17 bits per heavy atom. The highest BCUT2D eigenvalue weighted by atomic mass is 35.5. The number of halogens is 1. The van der Waals surface area contributed by atoms with E-state index >= 15 is 0 Å². The Morgan fingerprint density at radius 3 is 2.61 bits per heavy atom. The molecule has 0 amide bonds. The molecule has 0 aliphatic carbocycles. The minimum atomic E-state index is -0.259. The number of likely N-dealkylation sites (tertiary alicyclic amines) is 1. The topological polar surface area (TPSA) is 104 Å². The fourth-order valence-electron chi connectivity index (χ4n) is 5.44. The van der Waals surface area contributed by atoms with Crippen molar-refractivity contribution in [1.82, 2.24) is 24.9 Å². The molecule has 0 radical (unpaired) electrons. The lowest BCUT2D eigenvalue weighted by molar-refractivity contribution is 0.0866. The van der Waals surface area contributed by atoms with Crippen molar-refractivity contribution in [3.8, 4) is 6.07 Å². The van der Waals surface area contributed by atoms with Gasteiger partial charge in [-0.2, -0.15) is 5.26 Å². The third-order valence-electron chi connectivity index (χ3n) is 7.71. The van der Waals surface area contributed by atoms with Crippen LogP contribution in [0.1, 0.15) is 62.5 Å². The normalized spacial score (nSPS) is 15.5. The fourth-order valence-corrected chi connectivity index (χ4v) is 5.71. The minimum absolute atomic E-state index is 0.171. The van der Waals surface area contributed by atoms with Crippen LogP contribution in [0.3, 0.4) is 0 Å². The van der Waals surface area contributed by atoms with E-state index in [1.807, 2.05) is 35.0 Å². The molecule has 2 aromatic carbocycles. The first-order valence-corrected chi connectivity index (χ1v) is 14.4. The maximum absolute atomic E-state index is 9.75. The molecule has 9 nitrogen and oxygen atoms in total. The molecule has 1 saturated heterocycles. The number of nitrogens with one attached hydrogen (secondary N) is 2. The van der Waals surface area contributed by atoms with Crippen LogP contribution in [0.25, 0.3) is 10.9 Å². The standard InChI is InChI=1S/C31H37ClN8O/c1-31(2,3)39-13-10-24(11-14-39)40-20-27(37-38-40)29(21-8-6-5-7-9-21)36-23-16-25-28(34-12-15-41-4)22(18-33)19-35-30(25)26(32)17-23/h5-9,16-17,19-20,24,29,36H,10-15H2,1-4H3,(H,34,35)/t29-/m0/s1. The van der Waals surface area contributed by atoms with Gasteiger partial charge in [0.15, 0.2) is 0 Å². The number of piperidine rings is 1. The molecular formula is C31H37ClN8O. The van der Waals surface area contributed by atoms with Gasteiger partial charge in [0, 0.05) is 49.6 Å². The van der Waals surface area contributed by atoms with E-state index in [0.717, 1.165) is 48.3 Å². The van der Waals surface area contributed by atoms with Gasteiger partial charge in [0.25, 0.3) is 0 Å². The van der Waals surface area contributed by atoms with Crippen LogP contribution in [0.5, 0.6) is 0 Å². The molecule has 1 fully saturated rings. The summed E-state index contributed by atoms with van der Waals surface area (Å²) < 4.78 is 7.23. The van der Waals surface area contributed by atoms with Gasteiger partial charge in [-0.3, -0.25) is 9.88 Å². The van der Waals surface area contributed by atoms with Gasteiger partial charge in [-0.15, -0.1) is 5.10 Å². The van der Waals surface area contributed by atoms with Crippen molar-refractivity contribution in [3.05, 3.63) is 76.7 Å². The summed E-state index contributed by atoms with van der Waals surface area (Å²) in [6.07, 6.45) is 5.69. The molecule has 0 bridgehead atoms. The van der Waals surface area contributed by atoms with E-state index in [1.165, 1.54) is 0 Å². The van der Waals surface area contributed by atoms with E-state index in [4.69, 9.17) is 16.3 Å². The molecule has 0 spiro atoms. The molecule has 5 rings (SSSR count). The van der Waals surface area contributed by atoms with Crippen molar-refractivity contribution >= 4 is 33.9 Å². The smallest absolute Gasteiger partial charge is 0.109 e. The fraction of sp³-hybridized carbons (Fsp3) is 0.419. The average Bonchev–Trinajstić information content (AvgIpc) is 3.46. The second-order valence-corrected chi connectivity index (χ2v) is 11.8. The summed E-state index contributed by atoms with van der Waals surface area (Å²) in [5.74, 6) is 0. The van der Waals surface area contributed by atoms with E-state index in [2.05, 4.69) is 76.0 Å². The van der Waals surface area contributed by atoms with Crippen LogP contribution in [-0.4, -0.2) is 63.8 Å². The van der Waals surface area contributed by atoms with Gasteiger partial charge < -0.3 is 15.4 Å². The number of nitrogens with zero attached hydrogens (tertiary/aromatic N) is 6. The molecule has 0 unspecified atom stereocenters. The SMILES string of the molecule is COCCNc1c(C#N)cnc2c(Cl)cc(N[C@@H](c3ccccc3)c3cn(C4CCN(C(C)(C)C)CC4)nn3)cc12. The Labute approximate surface area is 246 Å². The molecule has 2 N–H and O–H groups in total. The molecule has 10 heteroatoms. The van der Waals surface area contributed by atoms with Gasteiger partial charge in [0.1, 0.15) is 11.8 Å². The van der Waals surface area contributed by atoms with E-state index in [0.29, 0.717) is 41.0 Å². The molecule has 1 aliphatic heterocycles. The first-order chi connectivity index (χ1) is 19.8. The Morgan fingerprint density at radius 2 is 1.93 bits per heavy atom. The predicted molar refractivity (Wildman–Crippen MR) is 163 cm³/mol. The van der Waals surface area contributed by atoms with Crippen molar-refractivity contribution in [3.63, 3.8) is 0 Å². The zero-order valence-electron chi connectivity index (χ0n) is 24.1. The number of pyridine rings is 1. The van der Waals surface area contributed by atoms with Gasteiger partial charge in [0.2, 0.25) is 0 Å². The molecule has 4 aromatic rings. The van der Waals surface area contributed by atoms with Crippen LogP contribution in [0.2, 0.25) is 5.02 Å². The van der Waals surface area contributed by atoms with Crippen molar-refractivity contribution in [2.24, 2.45) is 0 Å². The molecule has 1 atom stereocenters. The number of methoxy groups -OCH3 is 1. The van der Waals surface area contributed by atoms with Crippen LogP contribution in [0.15, 0.2) is 54.9 Å². The van der Waals surface area contributed by atoms with Gasteiger partial charge >= 0.3 is 0 Å². The van der Waals surface area contributed by atoms with Crippen LogP contribution in [0, 0.1) is 11.3 Å². The molecule has 2 aromatic heterocycles. The Bertz CT molecular complexity index is 1520. The van der Waals surface area contributed by atoms with Crippen molar-refractivity contribution < 1.29 is 4.74 Å². The van der Waals surface area contributed by atoms with Gasteiger partial charge in [-0.1, -0.05) is 47.1 Å². The van der Waals surface area contributed by atoms with Crippen LogP contribution < -0.4 is 10.6 Å². The third-order valence-corrected chi connectivity index (χ3v) is 8.00. The minimum Gasteiger partial charge on any atom is -0.383 e. The summed E-state index contributed by atoms with van der Waals surface area (Å²) >= 11 is 6.74. The van der Waals surface area contributed by atoms with Crippen LogP contribution in [-0.2, 0) is 4.74 Å². The third kappa shape index (κ3) is 6.46. The number of hydrogen-bond acceptors (Lipinski definition) is 8. The number of aromatic nitrogens is 4. The number of ether oxygens (including phenoxy) is 1. The maximum atomic E-state index is 9.75. The highest BCUT2D eigenvalue weighted by Crippen LogP contribution is 2.36. The number of anilines is 2. The molecule has 1 aliphatic rings. The lowest BCUT2D eigenvalue weighted by Gasteiger charge is -2.40. The monoisotopic (exact) mass is 572 g/mol. The highest BCUT2D eigenvalue weighted by molar-refractivity contribution is 6.35. The second kappa shape index (κ2) is 12.4. The summed E-state index contributed by atoms with van der Waals surface area (Å²) in [7, 11) is 1.64. The number of rotatable bonds is 9. The van der Waals surface area contributed by atoms with Crippen molar-refractivity contribution in [2.45, 2.75) is 51.2 Å². The Kier molecular flexibility index (Phi) is 8.74. The zero-order valence-corrected chi connectivity index (χ0v) is 24.8. The summed E-state index contributed by atoms with van der Waals surface area (Å²) in [6.45, 7) is 9.94. The maximum Gasteiger partial charge on any atom is 0.109 e.